The Kier molecular flexibility index (Phi) is 3.88. The molecular formula is C15H27N. The molecular weight excluding hydrogens is 194 g/mol. The maximum absolute atomic E-state index is 3.63. The average molecular weight is 221 g/mol. The molecule has 1 heteroatoms. The van der Waals surface area contributed by atoms with Gasteiger partial charge in [0.25, 0.3) is 0 Å². The van der Waals surface area contributed by atoms with E-state index in [0.717, 1.165) is 0 Å². The molecule has 0 radical (unpaired) electrons. The lowest BCUT2D eigenvalue weighted by molar-refractivity contribution is 0.450. The number of hydrogen-bond donors (Lipinski definition) is 1. The predicted octanol–water partition coefficient (Wildman–Crippen LogP) is 4.78. The predicted molar refractivity (Wildman–Crippen MR) is 72.0 cm³/mol. The molecule has 0 saturated carbocycles. The standard InChI is InChI=1S/C15H27N/c1-7-11-15(5,6)13-10-9-12(16-13)14(3,4)8-2/h9-10,16H,7-8,11H2,1-6H3. The van der Waals surface area contributed by atoms with Crippen molar-refractivity contribution in [1.82, 2.24) is 4.98 Å². The van der Waals surface area contributed by atoms with Crippen LogP contribution in [0.2, 0.25) is 0 Å². The SMILES string of the molecule is CCCC(C)(C)c1ccc(C(C)(C)CC)[nH]1. The molecule has 92 valence electrons. The van der Waals surface area contributed by atoms with Gasteiger partial charge in [-0.05, 0) is 25.0 Å². The summed E-state index contributed by atoms with van der Waals surface area (Å²) in [7, 11) is 0. The van der Waals surface area contributed by atoms with Gasteiger partial charge >= 0.3 is 0 Å². The maximum atomic E-state index is 3.63. The Bertz CT molecular complexity index is 331. The topological polar surface area (TPSA) is 15.8 Å². The van der Waals surface area contributed by atoms with Crippen LogP contribution in [0.4, 0.5) is 0 Å². The van der Waals surface area contributed by atoms with Crippen molar-refractivity contribution in [1.29, 1.82) is 0 Å². The zero-order chi connectivity index (χ0) is 12.4. The average Bonchev–Trinajstić information content (AvgIpc) is 2.67. The fourth-order valence-electron chi connectivity index (χ4n) is 2.13. The van der Waals surface area contributed by atoms with Crippen molar-refractivity contribution < 1.29 is 0 Å². The van der Waals surface area contributed by atoms with Crippen molar-refractivity contribution >= 4 is 0 Å². The number of H-pyrrole nitrogens is 1. The van der Waals surface area contributed by atoms with Gasteiger partial charge in [0.05, 0.1) is 0 Å². The van der Waals surface area contributed by atoms with Gasteiger partial charge in [-0.3, -0.25) is 0 Å². The Balaban J connectivity index is 2.95. The van der Waals surface area contributed by atoms with Gasteiger partial charge in [-0.15, -0.1) is 0 Å². The third-order valence-corrected chi connectivity index (χ3v) is 3.90. The van der Waals surface area contributed by atoms with Crippen molar-refractivity contribution in [2.45, 2.75) is 71.6 Å². The van der Waals surface area contributed by atoms with Crippen LogP contribution >= 0.6 is 0 Å². The largest absolute Gasteiger partial charge is 0.361 e. The molecule has 16 heavy (non-hydrogen) atoms. The van der Waals surface area contributed by atoms with E-state index in [0.29, 0.717) is 0 Å². The second-order valence-corrected chi connectivity index (χ2v) is 6.16. The molecule has 1 nitrogen and oxygen atoms in total. The first-order valence-corrected chi connectivity index (χ1v) is 6.53. The van der Waals surface area contributed by atoms with Gasteiger partial charge in [0.15, 0.2) is 0 Å². The first-order valence-electron chi connectivity index (χ1n) is 6.53. The van der Waals surface area contributed by atoms with Crippen LogP contribution in [0.3, 0.4) is 0 Å². The highest BCUT2D eigenvalue weighted by atomic mass is 14.8. The highest BCUT2D eigenvalue weighted by Crippen LogP contribution is 2.32. The van der Waals surface area contributed by atoms with E-state index in [1.807, 2.05) is 0 Å². The van der Waals surface area contributed by atoms with E-state index in [2.05, 4.69) is 58.7 Å². The molecule has 1 aromatic rings. The Morgan fingerprint density at radius 3 is 1.88 bits per heavy atom. The van der Waals surface area contributed by atoms with Crippen molar-refractivity contribution in [2.75, 3.05) is 0 Å². The number of aromatic amines is 1. The highest BCUT2D eigenvalue weighted by molar-refractivity contribution is 5.24. The third-order valence-electron chi connectivity index (χ3n) is 3.90. The molecule has 1 aromatic heterocycles. The second kappa shape index (κ2) is 4.65. The summed E-state index contributed by atoms with van der Waals surface area (Å²) in [6.45, 7) is 13.8. The van der Waals surface area contributed by atoms with E-state index >= 15 is 0 Å². The molecule has 0 aliphatic carbocycles. The number of hydrogen-bond acceptors (Lipinski definition) is 0. The van der Waals surface area contributed by atoms with E-state index in [-0.39, 0.29) is 10.8 Å². The molecule has 0 spiro atoms. The van der Waals surface area contributed by atoms with Crippen molar-refractivity contribution in [3.63, 3.8) is 0 Å². The van der Waals surface area contributed by atoms with E-state index in [1.165, 1.54) is 30.7 Å². The van der Waals surface area contributed by atoms with Gasteiger partial charge in [-0.25, -0.2) is 0 Å². The molecule has 0 bridgehead atoms. The lowest BCUT2D eigenvalue weighted by Gasteiger charge is -2.25. The van der Waals surface area contributed by atoms with Crippen LogP contribution in [-0.2, 0) is 10.8 Å². The summed E-state index contributed by atoms with van der Waals surface area (Å²) in [5, 5.41) is 0. The summed E-state index contributed by atoms with van der Waals surface area (Å²) in [5.41, 5.74) is 3.29. The van der Waals surface area contributed by atoms with E-state index in [4.69, 9.17) is 0 Å². The highest BCUT2D eigenvalue weighted by Gasteiger charge is 2.25. The van der Waals surface area contributed by atoms with Crippen LogP contribution < -0.4 is 0 Å². The minimum Gasteiger partial charge on any atom is -0.361 e. The summed E-state index contributed by atoms with van der Waals surface area (Å²) in [6, 6.07) is 4.53. The zero-order valence-electron chi connectivity index (χ0n) is 11.8. The molecule has 1 rings (SSSR count). The summed E-state index contributed by atoms with van der Waals surface area (Å²) in [5.74, 6) is 0. The quantitative estimate of drug-likeness (QED) is 0.736. The van der Waals surface area contributed by atoms with Gasteiger partial charge in [-0.2, -0.15) is 0 Å². The van der Waals surface area contributed by atoms with Gasteiger partial charge in [0, 0.05) is 22.2 Å². The third kappa shape index (κ3) is 2.69. The van der Waals surface area contributed by atoms with Crippen LogP contribution in [0, 0.1) is 0 Å². The van der Waals surface area contributed by atoms with Crippen LogP contribution in [0.15, 0.2) is 12.1 Å². The summed E-state index contributed by atoms with van der Waals surface area (Å²) in [6.07, 6.45) is 3.64. The Labute approximate surface area is 101 Å². The van der Waals surface area contributed by atoms with E-state index in [9.17, 15) is 0 Å². The molecule has 0 fully saturated rings. The van der Waals surface area contributed by atoms with Gasteiger partial charge in [0.2, 0.25) is 0 Å². The number of rotatable bonds is 5. The summed E-state index contributed by atoms with van der Waals surface area (Å²) >= 11 is 0. The smallest absolute Gasteiger partial charge is 0.0206 e. The Morgan fingerprint density at radius 1 is 0.938 bits per heavy atom. The van der Waals surface area contributed by atoms with Crippen molar-refractivity contribution in [3.05, 3.63) is 23.5 Å². The fraction of sp³-hybridized carbons (Fsp3) is 0.733. The monoisotopic (exact) mass is 221 g/mol. The van der Waals surface area contributed by atoms with Crippen molar-refractivity contribution in [3.8, 4) is 0 Å². The Morgan fingerprint density at radius 2 is 1.44 bits per heavy atom. The van der Waals surface area contributed by atoms with Crippen LogP contribution in [0.1, 0.15) is 72.2 Å². The molecule has 1 heterocycles. The molecule has 1 N–H and O–H groups in total. The normalized spacial score (nSPS) is 13.1. The summed E-state index contributed by atoms with van der Waals surface area (Å²) in [4.78, 5) is 3.63. The van der Waals surface area contributed by atoms with Gasteiger partial charge in [-0.1, -0.05) is 48.0 Å². The van der Waals surface area contributed by atoms with Crippen LogP contribution in [0.5, 0.6) is 0 Å². The second-order valence-electron chi connectivity index (χ2n) is 6.16. The first-order chi connectivity index (χ1) is 7.33. The Hall–Kier alpha value is -0.720. The molecule has 0 aliphatic heterocycles. The lowest BCUT2D eigenvalue weighted by atomic mass is 9.85. The summed E-state index contributed by atoms with van der Waals surface area (Å²) < 4.78 is 0. The van der Waals surface area contributed by atoms with E-state index < -0.39 is 0 Å². The minimum atomic E-state index is 0.264. The fourth-order valence-corrected chi connectivity index (χ4v) is 2.13. The lowest BCUT2D eigenvalue weighted by Crippen LogP contribution is -2.20. The van der Waals surface area contributed by atoms with Crippen LogP contribution in [-0.4, -0.2) is 4.98 Å². The molecule has 0 saturated heterocycles. The molecule has 0 atom stereocenters. The molecule has 0 unspecified atom stereocenters. The van der Waals surface area contributed by atoms with E-state index in [1.54, 1.807) is 0 Å². The van der Waals surface area contributed by atoms with Crippen molar-refractivity contribution in [2.24, 2.45) is 0 Å². The zero-order valence-corrected chi connectivity index (χ0v) is 11.8. The number of nitrogens with one attached hydrogen (secondary N) is 1. The van der Waals surface area contributed by atoms with Gasteiger partial charge < -0.3 is 4.98 Å². The maximum Gasteiger partial charge on any atom is 0.0206 e. The molecule has 0 amide bonds. The first kappa shape index (κ1) is 13.3. The van der Waals surface area contributed by atoms with Crippen LogP contribution in [0.25, 0.3) is 0 Å². The number of aromatic nitrogens is 1. The minimum absolute atomic E-state index is 0.264. The molecule has 0 aromatic carbocycles. The molecule has 0 aliphatic rings. The van der Waals surface area contributed by atoms with Gasteiger partial charge in [0.1, 0.15) is 0 Å².